The number of hydrogen-bond donors (Lipinski definition) is 1. The van der Waals surface area contributed by atoms with Crippen LogP contribution in [0.1, 0.15) is 50.0 Å². The van der Waals surface area contributed by atoms with Gasteiger partial charge < -0.3 is 10.0 Å². The van der Waals surface area contributed by atoms with Crippen molar-refractivity contribution in [3.05, 3.63) is 35.9 Å². The number of carboxylic acids is 1. The van der Waals surface area contributed by atoms with Gasteiger partial charge in [-0.3, -0.25) is 4.79 Å². The number of carbonyl (C=O) groups is 1. The summed E-state index contributed by atoms with van der Waals surface area (Å²) in [4.78, 5) is 13.5. The first-order chi connectivity index (χ1) is 10.7. The highest BCUT2D eigenvalue weighted by Gasteiger charge is 2.28. The van der Waals surface area contributed by atoms with Crippen LogP contribution in [0.2, 0.25) is 0 Å². The minimum Gasteiger partial charge on any atom is -0.481 e. The van der Waals surface area contributed by atoms with Gasteiger partial charge in [-0.25, -0.2) is 0 Å². The Bertz CT molecular complexity index is 471. The van der Waals surface area contributed by atoms with E-state index in [1.165, 1.54) is 37.8 Å². The zero-order valence-electron chi connectivity index (χ0n) is 13.3. The van der Waals surface area contributed by atoms with Crippen LogP contribution in [0.15, 0.2) is 30.3 Å². The van der Waals surface area contributed by atoms with Crippen LogP contribution in [0, 0.1) is 11.8 Å². The number of carboxylic acid groups (broad SMARTS) is 1. The van der Waals surface area contributed by atoms with E-state index < -0.39 is 5.97 Å². The maximum absolute atomic E-state index is 11.0. The zero-order chi connectivity index (χ0) is 15.4. The maximum atomic E-state index is 11.0. The van der Waals surface area contributed by atoms with E-state index in [1.54, 1.807) is 0 Å². The van der Waals surface area contributed by atoms with Crippen LogP contribution < -0.4 is 0 Å². The molecule has 120 valence electrons. The summed E-state index contributed by atoms with van der Waals surface area (Å²) in [5, 5.41) is 9.06. The van der Waals surface area contributed by atoms with Gasteiger partial charge in [-0.2, -0.15) is 0 Å². The molecule has 0 bridgehead atoms. The Morgan fingerprint density at radius 2 is 1.64 bits per heavy atom. The second kappa shape index (κ2) is 7.28. The Balaban J connectivity index is 1.42. The Labute approximate surface area is 133 Å². The Morgan fingerprint density at radius 3 is 2.23 bits per heavy atom. The average molecular weight is 301 g/mol. The number of rotatable bonds is 4. The molecule has 1 aromatic rings. The third-order valence-electron chi connectivity index (χ3n) is 5.57. The fourth-order valence-corrected chi connectivity index (χ4v) is 4.13. The highest BCUT2D eigenvalue weighted by atomic mass is 16.4. The minimum absolute atomic E-state index is 0.106. The minimum atomic E-state index is -0.608. The maximum Gasteiger partial charge on any atom is 0.306 e. The molecule has 2 fully saturated rings. The van der Waals surface area contributed by atoms with Gasteiger partial charge >= 0.3 is 5.97 Å². The molecule has 3 rings (SSSR count). The second-order valence-corrected chi connectivity index (χ2v) is 7.04. The van der Waals surface area contributed by atoms with Gasteiger partial charge in [-0.1, -0.05) is 30.3 Å². The fourth-order valence-electron chi connectivity index (χ4n) is 4.13. The van der Waals surface area contributed by atoms with E-state index in [2.05, 4.69) is 35.2 Å². The van der Waals surface area contributed by atoms with Gasteiger partial charge in [-0.15, -0.1) is 0 Å². The van der Waals surface area contributed by atoms with Crippen LogP contribution in [-0.4, -0.2) is 35.6 Å². The van der Waals surface area contributed by atoms with E-state index in [0.29, 0.717) is 0 Å². The van der Waals surface area contributed by atoms with Crippen LogP contribution in [-0.2, 0) is 4.79 Å². The van der Waals surface area contributed by atoms with E-state index >= 15 is 0 Å². The molecule has 0 atom stereocenters. The lowest BCUT2D eigenvalue weighted by atomic mass is 9.78. The predicted octanol–water partition coefficient (Wildman–Crippen LogP) is 3.76. The molecular weight excluding hydrogens is 274 g/mol. The summed E-state index contributed by atoms with van der Waals surface area (Å²) >= 11 is 0. The SMILES string of the molecule is O=C(O)C1CCN(CC2CCC(c3ccccc3)CC2)CC1. The fraction of sp³-hybridized carbons (Fsp3) is 0.632. The molecular formula is C19H27NO2. The first-order valence-corrected chi connectivity index (χ1v) is 8.72. The number of nitrogens with zero attached hydrogens (tertiary/aromatic N) is 1. The number of aliphatic carboxylic acids is 1. The van der Waals surface area contributed by atoms with Crippen LogP contribution in [0.25, 0.3) is 0 Å². The van der Waals surface area contributed by atoms with Gasteiger partial charge in [0.15, 0.2) is 0 Å². The smallest absolute Gasteiger partial charge is 0.306 e. The van der Waals surface area contributed by atoms with Gasteiger partial charge in [0.05, 0.1) is 5.92 Å². The molecule has 0 aromatic heterocycles. The quantitative estimate of drug-likeness (QED) is 0.920. The molecule has 3 heteroatoms. The van der Waals surface area contributed by atoms with Crippen LogP contribution in [0.4, 0.5) is 0 Å². The summed E-state index contributed by atoms with van der Waals surface area (Å²) in [7, 11) is 0. The van der Waals surface area contributed by atoms with Gasteiger partial charge in [0.2, 0.25) is 0 Å². The van der Waals surface area contributed by atoms with Crippen molar-refractivity contribution in [2.24, 2.45) is 11.8 Å². The van der Waals surface area contributed by atoms with Gasteiger partial charge in [-0.05, 0) is 69.0 Å². The van der Waals surface area contributed by atoms with E-state index in [4.69, 9.17) is 5.11 Å². The summed E-state index contributed by atoms with van der Waals surface area (Å²) < 4.78 is 0. The molecule has 1 aliphatic carbocycles. The highest BCUT2D eigenvalue weighted by Crippen LogP contribution is 2.36. The van der Waals surface area contributed by atoms with Crippen molar-refractivity contribution in [3.8, 4) is 0 Å². The third kappa shape index (κ3) is 3.89. The molecule has 1 aliphatic heterocycles. The molecule has 0 spiro atoms. The Morgan fingerprint density at radius 1 is 1.00 bits per heavy atom. The third-order valence-corrected chi connectivity index (χ3v) is 5.57. The number of hydrogen-bond acceptors (Lipinski definition) is 2. The number of likely N-dealkylation sites (tertiary alicyclic amines) is 1. The van der Waals surface area contributed by atoms with Crippen molar-refractivity contribution in [3.63, 3.8) is 0 Å². The van der Waals surface area contributed by atoms with Gasteiger partial charge in [0.1, 0.15) is 0 Å². The van der Waals surface area contributed by atoms with Gasteiger partial charge in [0, 0.05) is 6.54 Å². The molecule has 1 heterocycles. The Kier molecular flexibility index (Phi) is 5.14. The molecule has 1 saturated carbocycles. The van der Waals surface area contributed by atoms with Crippen molar-refractivity contribution in [1.29, 1.82) is 0 Å². The van der Waals surface area contributed by atoms with Crippen molar-refractivity contribution in [2.45, 2.75) is 44.4 Å². The van der Waals surface area contributed by atoms with Crippen molar-refractivity contribution >= 4 is 5.97 Å². The van der Waals surface area contributed by atoms with Crippen LogP contribution in [0.3, 0.4) is 0 Å². The van der Waals surface area contributed by atoms with Crippen molar-refractivity contribution in [2.75, 3.05) is 19.6 Å². The van der Waals surface area contributed by atoms with Crippen LogP contribution in [0.5, 0.6) is 0 Å². The predicted molar refractivity (Wildman–Crippen MR) is 87.9 cm³/mol. The lowest BCUT2D eigenvalue weighted by Gasteiger charge is -2.35. The molecule has 0 radical (unpaired) electrons. The van der Waals surface area contributed by atoms with Crippen molar-refractivity contribution in [1.82, 2.24) is 4.90 Å². The first kappa shape index (κ1) is 15.5. The Hall–Kier alpha value is -1.35. The van der Waals surface area contributed by atoms with E-state index in [-0.39, 0.29) is 5.92 Å². The summed E-state index contributed by atoms with van der Waals surface area (Å²) in [6, 6.07) is 10.9. The monoisotopic (exact) mass is 301 g/mol. The van der Waals surface area contributed by atoms with E-state index in [9.17, 15) is 4.79 Å². The van der Waals surface area contributed by atoms with E-state index in [1.807, 2.05) is 0 Å². The average Bonchev–Trinajstić information content (AvgIpc) is 2.57. The number of benzene rings is 1. The zero-order valence-corrected chi connectivity index (χ0v) is 13.3. The lowest BCUT2D eigenvalue weighted by molar-refractivity contribution is -0.143. The topological polar surface area (TPSA) is 40.5 Å². The summed E-state index contributed by atoms with van der Waals surface area (Å²) in [6.07, 6.45) is 6.90. The molecule has 1 saturated heterocycles. The molecule has 1 N–H and O–H groups in total. The summed E-state index contributed by atoms with van der Waals surface area (Å²) in [6.45, 7) is 3.11. The first-order valence-electron chi connectivity index (χ1n) is 8.72. The molecule has 2 aliphatic rings. The van der Waals surface area contributed by atoms with E-state index in [0.717, 1.165) is 37.8 Å². The normalized spacial score (nSPS) is 27.6. The van der Waals surface area contributed by atoms with Gasteiger partial charge in [0.25, 0.3) is 0 Å². The largest absolute Gasteiger partial charge is 0.481 e. The van der Waals surface area contributed by atoms with Crippen molar-refractivity contribution < 1.29 is 9.90 Å². The molecule has 22 heavy (non-hydrogen) atoms. The lowest BCUT2D eigenvalue weighted by Crippen LogP contribution is -2.39. The molecule has 1 aromatic carbocycles. The summed E-state index contributed by atoms with van der Waals surface area (Å²) in [5.41, 5.74) is 1.50. The number of piperidine rings is 1. The molecule has 0 amide bonds. The molecule has 3 nitrogen and oxygen atoms in total. The van der Waals surface area contributed by atoms with Crippen LogP contribution >= 0.6 is 0 Å². The standard InChI is InChI=1S/C19H27NO2/c21-19(22)18-10-12-20(13-11-18)14-15-6-8-17(9-7-15)16-4-2-1-3-5-16/h1-5,15,17-18H,6-14H2,(H,21,22). The second-order valence-electron chi connectivity index (χ2n) is 7.04. The highest BCUT2D eigenvalue weighted by molar-refractivity contribution is 5.70. The summed E-state index contributed by atoms with van der Waals surface area (Å²) in [5.74, 6) is 0.838. The molecule has 0 unspecified atom stereocenters.